The number of benzene rings is 1. The van der Waals surface area contributed by atoms with Crippen LogP contribution in [0.15, 0.2) is 35.7 Å². The van der Waals surface area contributed by atoms with Crippen LogP contribution >= 0.6 is 11.8 Å². The van der Waals surface area contributed by atoms with Crippen LogP contribution in [0.25, 0.3) is 0 Å². The number of halogens is 2. The van der Waals surface area contributed by atoms with Gasteiger partial charge in [0, 0.05) is 17.9 Å². The second-order valence-corrected chi connectivity index (χ2v) is 5.88. The van der Waals surface area contributed by atoms with E-state index in [0.717, 1.165) is 10.7 Å². The lowest BCUT2D eigenvalue weighted by Gasteiger charge is -2.21. The molecule has 0 saturated heterocycles. The summed E-state index contributed by atoms with van der Waals surface area (Å²) < 4.78 is 25.1. The van der Waals surface area contributed by atoms with E-state index in [1.54, 1.807) is 12.1 Å². The molecule has 0 bridgehead atoms. The number of H-pyrrole nitrogens is 1. The van der Waals surface area contributed by atoms with E-state index in [1.807, 2.05) is 19.1 Å². The lowest BCUT2D eigenvalue weighted by atomic mass is 10.1. The lowest BCUT2D eigenvalue weighted by Crippen LogP contribution is -2.35. The minimum Gasteiger partial charge on any atom is -0.333 e. The highest BCUT2D eigenvalue weighted by molar-refractivity contribution is 7.98. The lowest BCUT2D eigenvalue weighted by molar-refractivity contribution is 0.0555. The summed E-state index contributed by atoms with van der Waals surface area (Å²) in [5.41, 5.74) is 1.44. The normalized spacial score (nSPS) is 11.0. The molecule has 0 radical (unpaired) electrons. The molecule has 0 saturated carbocycles. The van der Waals surface area contributed by atoms with Crippen LogP contribution in [0.1, 0.15) is 29.3 Å². The zero-order valence-electron chi connectivity index (χ0n) is 12.7. The molecule has 5 nitrogen and oxygen atoms in total. The first-order valence-corrected chi connectivity index (χ1v) is 8.23. The van der Waals surface area contributed by atoms with Crippen molar-refractivity contribution < 1.29 is 13.6 Å². The van der Waals surface area contributed by atoms with Crippen molar-refractivity contribution in [1.29, 1.82) is 0 Å². The highest BCUT2D eigenvalue weighted by Gasteiger charge is 2.18. The van der Waals surface area contributed by atoms with Gasteiger partial charge in [-0.2, -0.15) is 5.10 Å². The number of thioether (sulfide) groups is 1. The molecule has 0 unspecified atom stereocenters. The van der Waals surface area contributed by atoms with Gasteiger partial charge >= 0.3 is 0 Å². The molecule has 2 aromatic rings. The van der Waals surface area contributed by atoms with Gasteiger partial charge in [-0.05, 0) is 24.1 Å². The van der Waals surface area contributed by atoms with Crippen LogP contribution in [0.3, 0.4) is 0 Å². The Bertz CT molecular complexity index is 604. The summed E-state index contributed by atoms with van der Waals surface area (Å²) in [7, 11) is 0. The Morgan fingerprint density at radius 3 is 2.65 bits per heavy atom. The van der Waals surface area contributed by atoms with Crippen LogP contribution in [0.2, 0.25) is 0 Å². The van der Waals surface area contributed by atoms with Crippen molar-refractivity contribution >= 4 is 17.7 Å². The van der Waals surface area contributed by atoms with E-state index >= 15 is 0 Å². The molecule has 0 aliphatic heterocycles. The summed E-state index contributed by atoms with van der Waals surface area (Å²) in [5.74, 6) is 0.320. The molecule has 1 N–H and O–H groups in total. The Morgan fingerprint density at radius 1 is 1.35 bits per heavy atom. The number of carbonyl (C=O) groups is 1. The number of carbonyl (C=O) groups excluding carboxylic acids is 1. The first-order valence-electron chi connectivity index (χ1n) is 7.24. The van der Waals surface area contributed by atoms with Crippen molar-refractivity contribution in [2.75, 3.05) is 13.1 Å². The molecule has 0 spiro atoms. The third-order valence-corrected chi connectivity index (χ3v) is 4.06. The molecular formula is C15H18F2N4OS. The molecule has 124 valence electrons. The summed E-state index contributed by atoms with van der Waals surface area (Å²) >= 11 is 1.49. The number of alkyl halides is 2. The number of nitrogens with one attached hydrogen (secondary N) is 1. The average molecular weight is 340 g/mol. The van der Waals surface area contributed by atoms with E-state index in [2.05, 4.69) is 15.2 Å². The summed E-state index contributed by atoms with van der Waals surface area (Å²) in [6, 6.07) is 6.99. The number of aromatic nitrogens is 3. The highest BCUT2D eigenvalue weighted by atomic mass is 32.2. The SMILES string of the molecule is CCCN(CC(F)F)C(=O)c1ccc(CSc2ncn[nH]2)cc1. The van der Waals surface area contributed by atoms with Crippen LogP contribution in [0.4, 0.5) is 8.78 Å². The molecule has 8 heteroatoms. The third kappa shape index (κ3) is 5.31. The first-order chi connectivity index (χ1) is 11.1. The molecule has 2 rings (SSSR count). The number of hydrogen-bond donors (Lipinski definition) is 1. The maximum Gasteiger partial charge on any atom is 0.255 e. The smallest absolute Gasteiger partial charge is 0.255 e. The van der Waals surface area contributed by atoms with Crippen molar-refractivity contribution in [1.82, 2.24) is 20.1 Å². The predicted molar refractivity (Wildman–Crippen MR) is 84.6 cm³/mol. The summed E-state index contributed by atoms with van der Waals surface area (Å²) in [4.78, 5) is 17.5. The van der Waals surface area contributed by atoms with E-state index in [1.165, 1.54) is 23.0 Å². The largest absolute Gasteiger partial charge is 0.333 e. The van der Waals surface area contributed by atoms with Crippen LogP contribution in [0, 0.1) is 0 Å². The van der Waals surface area contributed by atoms with Gasteiger partial charge < -0.3 is 4.90 Å². The second kappa shape index (κ2) is 8.61. The first kappa shape index (κ1) is 17.4. The monoisotopic (exact) mass is 340 g/mol. The fourth-order valence-corrected chi connectivity index (χ4v) is 2.79. The second-order valence-electron chi connectivity index (χ2n) is 4.92. The summed E-state index contributed by atoms with van der Waals surface area (Å²) in [6.07, 6.45) is -0.442. The van der Waals surface area contributed by atoms with Gasteiger partial charge in [-0.1, -0.05) is 30.8 Å². The van der Waals surface area contributed by atoms with Crippen LogP contribution < -0.4 is 0 Å². The number of aromatic amines is 1. The van der Waals surface area contributed by atoms with Gasteiger partial charge in [0.1, 0.15) is 6.33 Å². The number of rotatable bonds is 8. The molecule has 23 heavy (non-hydrogen) atoms. The zero-order chi connectivity index (χ0) is 16.7. The Labute approximate surface area is 137 Å². The molecule has 1 heterocycles. The number of amides is 1. The van der Waals surface area contributed by atoms with Gasteiger partial charge in [0.05, 0.1) is 6.54 Å². The van der Waals surface area contributed by atoms with E-state index in [0.29, 0.717) is 24.3 Å². The molecule has 0 atom stereocenters. The van der Waals surface area contributed by atoms with Crippen LogP contribution in [-0.2, 0) is 5.75 Å². The molecule has 0 fully saturated rings. The van der Waals surface area contributed by atoms with Crippen molar-refractivity contribution in [3.05, 3.63) is 41.7 Å². The fourth-order valence-electron chi connectivity index (χ4n) is 2.05. The van der Waals surface area contributed by atoms with E-state index in [4.69, 9.17) is 0 Å². The molecule has 1 aromatic heterocycles. The quantitative estimate of drug-likeness (QED) is 0.750. The van der Waals surface area contributed by atoms with E-state index in [-0.39, 0.29) is 5.91 Å². The van der Waals surface area contributed by atoms with Gasteiger partial charge in [-0.25, -0.2) is 13.8 Å². The standard InChI is InChI=1S/C15H18F2N4OS/c1-2-7-21(8-13(16)17)14(22)12-5-3-11(4-6-12)9-23-15-18-10-19-20-15/h3-6,10,13H,2,7-9H2,1H3,(H,18,19,20). The number of nitrogens with zero attached hydrogens (tertiary/aromatic N) is 3. The van der Waals surface area contributed by atoms with Crippen molar-refractivity contribution in [2.45, 2.75) is 30.7 Å². The predicted octanol–water partition coefficient (Wildman–Crippen LogP) is 3.21. The van der Waals surface area contributed by atoms with Gasteiger partial charge in [-0.15, -0.1) is 0 Å². The van der Waals surface area contributed by atoms with Crippen molar-refractivity contribution in [3.8, 4) is 0 Å². The van der Waals surface area contributed by atoms with E-state index in [9.17, 15) is 13.6 Å². The minimum absolute atomic E-state index is 0.326. The molecule has 0 aliphatic carbocycles. The zero-order valence-corrected chi connectivity index (χ0v) is 13.5. The van der Waals surface area contributed by atoms with Crippen molar-refractivity contribution in [2.24, 2.45) is 0 Å². The average Bonchev–Trinajstić information content (AvgIpc) is 3.05. The Balaban J connectivity index is 1.97. The van der Waals surface area contributed by atoms with Gasteiger partial charge in [0.15, 0.2) is 5.16 Å². The van der Waals surface area contributed by atoms with Gasteiger partial charge in [0.25, 0.3) is 12.3 Å². The maximum atomic E-state index is 12.6. The van der Waals surface area contributed by atoms with Gasteiger partial charge in [-0.3, -0.25) is 9.89 Å². The number of hydrogen-bond acceptors (Lipinski definition) is 4. The maximum absolute atomic E-state index is 12.6. The molecular weight excluding hydrogens is 322 g/mol. The van der Waals surface area contributed by atoms with Crippen LogP contribution in [0.5, 0.6) is 0 Å². The highest BCUT2D eigenvalue weighted by Crippen LogP contribution is 2.19. The summed E-state index contributed by atoms with van der Waals surface area (Å²) in [6.45, 7) is 1.65. The molecule has 1 amide bonds. The topological polar surface area (TPSA) is 61.9 Å². The molecule has 0 aliphatic rings. The van der Waals surface area contributed by atoms with Gasteiger partial charge in [0.2, 0.25) is 0 Å². The Hall–Kier alpha value is -1.96. The fraction of sp³-hybridized carbons (Fsp3) is 0.400. The van der Waals surface area contributed by atoms with E-state index < -0.39 is 13.0 Å². The molecule has 1 aromatic carbocycles. The third-order valence-electron chi connectivity index (χ3n) is 3.11. The van der Waals surface area contributed by atoms with Crippen LogP contribution in [-0.4, -0.2) is 45.5 Å². The Kier molecular flexibility index (Phi) is 6.52. The summed E-state index contributed by atoms with van der Waals surface area (Å²) in [5, 5.41) is 7.24. The Morgan fingerprint density at radius 2 is 2.09 bits per heavy atom. The minimum atomic E-state index is -2.52. The van der Waals surface area contributed by atoms with Crippen molar-refractivity contribution in [3.63, 3.8) is 0 Å².